The van der Waals surface area contributed by atoms with Crippen molar-refractivity contribution in [3.05, 3.63) is 41.5 Å². The summed E-state index contributed by atoms with van der Waals surface area (Å²) in [4.78, 5) is 0. The van der Waals surface area contributed by atoms with Crippen LogP contribution in [-0.2, 0) is 5.41 Å². The Hall–Kier alpha value is -1.08. The fourth-order valence-electron chi connectivity index (χ4n) is 1.68. The lowest BCUT2D eigenvalue weighted by atomic mass is 9.87. The van der Waals surface area contributed by atoms with Crippen LogP contribution in [0, 0.1) is 0 Å². The number of nitrogens with one attached hydrogen (secondary N) is 1. The second-order valence-electron chi connectivity index (χ2n) is 5.42. The highest BCUT2D eigenvalue weighted by Crippen LogP contribution is 2.22. The van der Waals surface area contributed by atoms with E-state index in [1.165, 1.54) is 11.1 Å². The molecule has 0 spiro atoms. The van der Waals surface area contributed by atoms with Crippen LogP contribution < -0.4 is 5.32 Å². The first-order valence-electron chi connectivity index (χ1n) is 6.52. The predicted molar refractivity (Wildman–Crippen MR) is 77.3 cm³/mol. The smallest absolute Gasteiger partial charge is 0.00143 e. The van der Waals surface area contributed by atoms with E-state index >= 15 is 0 Å². The molecule has 0 unspecified atom stereocenters. The third-order valence-corrected chi connectivity index (χ3v) is 2.82. The van der Waals surface area contributed by atoms with E-state index in [0.717, 1.165) is 19.5 Å². The molecule has 17 heavy (non-hydrogen) atoms. The van der Waals surface area contributed by atoms with Crippen molar-refractivity contribution in [2.45, 2.75) is 39.5 Å². The highest BCUT2D eigenvalue weighted by molar-refractivity contribution is 5.50. The maximum atomic E-state index is 3.31. The third kappa shape index (κ3) is 5.18. The zero-order valence-corrected chi connectivity index (χ0v) is 11.6. The van der Waals surface area contributed by atoms with E-state index in [2.05, 4.69) is 69.4 Å². The van der Waals surface area contributed by atoms with Crippen molar-refractivity contribution >= 4 is 6.08 Å². The quantitative estimate of drug-likeness (QED) is 0.755. The van der Waals surface area contributed by atoms with E-state index in [1.54, 1.807) is 0 Å². The van der Waals surface area contributed by atoms with Gasteiger partial charge in [-0.1, -0.05) is 64.1 Å². The summed E-state index contributed by atoms with van der Waals surface area (Å²) >= 11 is 0. The van der Waals surface area contributed by atoms with E-state index in [0.29, 0.717) is 0 Å². The summed E-state index contributed by atoms with van der Waals surface area (Å²) in [5.74, 6) is 0. The second kappa shape index (κ2) is 6.61. The maximum absolute atomic E-state index is 3.31. The maximum Gasteiger partial charge on any atom is -0.00143 e. The molecule has 0 radical (unpaired) electrons. The lowest BCUT2D eigenvalue weighted by Crippen LogP contribution is -2.12. The van der Waals surface area contributed by atoms with Crippen molar-refractivity contribution in [2.75, 3.05) is 13.1 Å². The molecule has 0 fully saturated rings. The van der Waals surface area contributed by atoms with E-state index in [1.807, 2.05) is 0 Å². The molecule has 0 aliphatic rings. The Kier molecular flexibility index (Phi) is 5.43. The summed E-state index contributed by atoms with van der Waals surface area (Å²) in [7, 11) is 0. The summed E-state index contributed by atoms with van der Waals surface area (Å²) < 4.78 is 0. The molecule has 1 aromatic carbocycles. The van der Waals surface area contributed by atoms with Gasteiger partial charge in [0.1, 0.15) is 0 Å². The van der Waals surface area contributed by atoms with Crippen LogP contribution in [-0.4, -0.2) is 13.1 Å². The van der Waals surface area contributed by atoms with Crippen molar-refractivity contribution in [2.24, 2.45) is 0 Å². The van der Waals surface area contributed by atoms with Gasteiger partial charge in [-0.05, 0) is 36.1 Å². The summed E-state index contributed by atoms with van der Waals surface area (Å²) in [5.41, 5.74) is 2.92. The van der Waals surface area contributed by atoms with Crippen LogP contribution in [0.15, 0.2) is 30.3 Å². The van der Waals surface area contributed by atoms with E-state index in [9.17, 15) is 0 Å². The van der Waals surface area contributed by atoms with Crippen LogP contribution in [0.1, 0.15) is 45.2 Å². The first-order valence-corrected chi connectivity index (χ1v) is 6.52. The molecule has 1 nitrogen and oxygen atoms in total. The van der Waals surface area contributed by atoms with Gasteiger partial charge in [-0.25, -0.2) is 0 Å². The molecule has 1 aromatic rings. The molecule has 0 saturated heterocycles. The Morgan fingerprint density at radius 2 is 1.76 bits per heavy atom. The first-order chi connectivity index (χ1) is 8.04. The van der Waals surface area contributed by atoms with Gasteiger partial charge in [0.25, 0.3) is 0 Å². The topological polar surface area (TPSA) is 12.0 Å². The Bertz CT molecular complexity index is 341. The monoisotopic (exact) mass is 231 g/mol. The van der Waals surface area contributed by atoms with Gasteiger partial charge in [-0.2, -0.15) is 0 Å². The van der Waals surface area contributed by atoms with Crippen LogP contribution in [0.4, 0.5) is 0 Å². The van der Waals surface area contributed by atoms with Crippen molar-refractivity contribution in [1.82, 2.24) is 5.32 Å². The fraction of sp³-hybridized carbons (Fsp3) is 0.500. The molecule has 0 amide bonds. The SMILES string of the molecule is CCNCCC=Cc1ccc(C(C)(C)C)cc1. The minimum absolute atomic E-state index is 0.243. The van der Waals surface area contributed by atoms with Gasteiger partial charge in [0, 0.05) is 0 Å². The van der Waals surface area contributed by atoms with Crippen LogP contribution in [0.5, 0.6) is 0 Å². The number of hydrogen-bond donors (Lipinski definition) is 1. The first kappa shape index (κ1) is 14.0. The van der Waals surface area contributed by atoms with E-state index in [4.69, 9.17) is 0 Å². The summed E-state index contributed by atoms with van der Waals surface area (Å²) in [5, 5.41) is 3.31. The highest BCUT2D eigenvalue weighted by atomic mass is 14.8. The lowest BCUT2D eigenvalue weighted by Gasteiger charge is -2.18. The minimum Gasteiger partial charge on any atom is -0.317 e. The fourth-order valence-corrected chi connectivity index (χ4v) is 1.68. The molecular formula is C16H25N. The standard InChI is InChI=1S/C16H25N/c1-5-17-13-7-6-8-14-9-11-15(12-10-14)16(2,3)4/h6,8-12,17H,5,7,13H2,1-4H3. The third-order valence-electron chi connectivity index (χ3n) is 2.82. The summed E-state index contributed by atoms with van der Waals surface area (Å²) in [6.07, 6.45) is 5.52. The molecule has 0 aromatic heterocycles. The zero-order chi connectivity index (χ0) is 12.7. The van der Waals surface area contributed by atoms with Gasteiger partial charge in [0.2, 0.25) is 0 Å². The molecule has 0 aliphatic heterocycles. The van der Waals surface area contributed by atoms with Gasteiger partial charge in [0.05, 0.1) is 0 Å². The lowest BCUT2D eigenvalue weighted by molar-refractivity contribution is 0.590. The van der Waals surface area contributed by atoms with Crippen LogP contribution in [0.2, 0.25) is 0 Å². The minimum atomic E-state index is 0.243. The molecule has 0 saturated carbocycles. The number of benzene rings is 1. The van der Waals surface area contributed by atoms with Crippen LogP contribution in [0.25, 0.3) is 6.08 Å². The second-order valence-corrected chi connectivity index (χ2v) is 5.42. The van der Waals surface area contributed by atoms with Gasteiger partial charge < -0.3 is 5.32 Å². The molecule has 0 aliphatic carbocycles. The molecule has 0 bridgehead atoms. The Morgan fingerprint density at radius 3 is 2.29 bits per heavy atom. The van der Waals surface area contributed by atoms with E-state index < -0.39 is 0 Å². The van der Waals surface area contributed by atoms with E-state index in [-0.39, 0.29) is 5.41 Å². The highest BCUT2D eigenvalue weighted by Gasteiger charge is 2.12. The zero-order valence-electron chi connectivity index (χ0n) is 11.6. The molecular weight excluding hydrogens is 206 g/mol. The van der Waals surface area contributed by atoms with Crippen molar-refractivity contribution in [3.63, 3.8) is 0 Å². The van der Waals surface area contributed by atoms with Gasteiger partial charge in [0.15, 0.2) is 0 Å². The number of hydrogen-bond acceptors (Lipinski definition) is 1. The summed E-state index contributed by atoms with van der Waals surface area (Å²) in [6.45, 7) is 11.0. The predicted octanol–water partition coefficient (Wildman–Crippen LogP) is 4.00. The molecule has 0 atom stereocenters. The Balaban J connectivity index is 2.51. The summed E-state index contributed by atoms with van der Waals surface area (Å²) in [6, 6.07) is 8.85. The van der Waals surface area contributed by atoms with Crippen molar-refractivity contribution in [3.8, 4) is 0 Å². The Morgan fingerprint density at radius 1 is 1.12 bits per heavy atom. The van der Waals surface area contributed by atoms with Crippen molar-refractivity contribution < 1.29 is 0 Å². The Labute approximate surface area is 106 Å². The number of rotatable bonds is 5. The molecule has 1 N–H and O–H groups in total. The molecule has 1 rings (SSSR count). The van der Waals surface area contributed by atoms with Crippen LogP contribution in [0.3, 0.4) is 0 Å². The van der Waals surface area contributed by atoms with Crippen molar-refractivity contribution in [1.29, 1.82) is 0 Å². The normalized spacial score (nSPS) is 12.2. The molecule has 94 valence electrons. The molecule has 1 heteroatoms. The van der Waals surface area contributed by atoms with Crippen LogP contribution >= 0.6 is 0 Å². The van der Waals surface area contributed by atoms with Gasteiger partial charge in [-0.3, -0.25) is 0 Å². The average Bonchev–Trinajstić information content (AvgIpc) is 2.28. The average molecular weight is 231 g/mol. The molecule has 0 heterocycles. The van der Waals surface area contributed by atoms with Gasteiger partial charge >= 0.3 is 0 Å². The largest absolute Gasteiger partial charge is 0.317 e. The van der Waals surface area contributed by atoms with Gasteiger partial charge in [-0.15, -0.1) is 0 Å².